The Balaban J connectivity index is 2.02. The Bertz CT molecular complexity index is 455. The molecule has 1 fully saturated rings. The van der Waals surface area contributed by atoms with Crippen molar-refractivity contribution in [2.75, 3.05) is 30.3 Å². The average Bonchev–Trinajstić information content (AvgIpc) is 2.82. The van der Waals surface area contributed by atoms with Crippen molar-refractivity contribution in [3.05, 3.63) is 18.2 Å². The molecule has 5 heteroatoms. The molecule has 1 saturated heterocycles. The van der Waals surface area contributed by atoms with E-state index in [0.717, 1.165) is 30.9 Å². The van der Waals surface area contributed by atoms with Crippen molar-refractivity contribution in [2.45, 2.75) is 12.5 Å². The van der Waals surface area contributed by atoms with Gasteiger partial charge in [-0.1, -0.05) is 0 Å². The van der Waals surface area contributed by atoms with Crippen LogP contribution in [0.3, 0.4) is 0 Å². The van der Waals surface area contributed by atoms with Crippen LogP contribution in [0.25, 0.3) is 0 Å². The maximum Gasteiger partial charge on any atom is 0.265 e. The highest BCUT2D eigenvalue weighted by molar-refractivity contribution is 5.99. The van der Waals surface area contributed by atoms with E-state index in [1.54, 1.807) is 6.07 Å². The van der Waals surface area contributed by atoms with E-state index in [0.29, 0.717) is 5.69 Å². The van der Waals surface area contributed by atoms with Crippen molar-refractivity contribution in [3.63, 3.8) is 0 Å². The highest BCUT2D eigenvalue weighted by Crippen LogP contribution is 2.35. The topological polar surface area (TPSA) is 67.6 Å². The van der Waals surface area contributed by atoms with Gasteiger partial charge in [-0.2, -0.15) is 0 Å². The molecular formula is C12H15N3O2. The van der Waals surface area contributed by atoms with E-state index in [9.17, 15) is 4.79 Å². The third-order valence-corrected chi connectivity index (χ3v) is 3.26. The summed E-state index contributed by atoms with van der Waals surface area (Å²) >= 11 is 0. The Kier molecular flexibility index (Phi) is 2.40. The lowest BCUT2D eigenvalue weighted by molar-refractivity contribution is -0.121. The Hall–Kier alpha value is -1.75. The Morgan fingerprint density at radius 3 is 3.12 bits per heavy atom. The average molecular weight is 233 g/mol. The van der Waals surface area contributed by atoms with Crippen LogP contribution in [0.15, 0.2) is 18.2 Å². The molecule has 0 aromatic heterocycles. The molecule has 1 aromatic carbocycles. The summed E-state index contributed by atoms with van der Waals surface area (Å²) in [6.45, 7) is 1.90. The standard InChI is InChI=1S/C12H15N3O2/c13-8-1-2-11-10(5-8)15(12(16)7-17-11)9-3-4-14-6-9/h1-2,5,9,14H,3-4,6-7,13H2. The molecule has 2 aliphatic rings. The summed E-state index contributed by atoms with van der Waals surface area (Å²) in [6, 6.07) is 5.64. The molecule has 90 valence electrons. The van der Waals surface area contributed by atoms with Gasteiger partial charge in [-0.05, 0) is 31.2 Å². The second kappa shape index (κ2) is 3.92. The van der Waals surface area contributed by atoms with Crippen molar-refractivity contribution < 1.29 is 9.53 Å². The predicted molar refractivity (Wildman–Crippen MR) is 65.1 cm³/mol. The minimum atomic E-state index is 0.0109. The third-order valence-electron chi connectivity index (χ3n) is 3.26. The van der Waals surface area contributed by atoms with Crippen LogP contribution in [0.4, 0.5) is 11.4 Å². The number of rotatable bonds is 1. The van der Waals surface area contributed by atoms with E-state index in [2.05, 4.69) is 5.32 Å². The molecule has 1 aromatic rings. The summed E-state index contributed by atoms with van der Waals surface area (Å²) in [7, 11) is 0. The van der Waals surface area contributed by atoms with E-state index in [-0.39, 0.29) is 18.6 Å². The first kappa shape index (κ1) is 10.4. The fourth-order valence-corrected chi connectivity index (χ4v) is 2.45. The maximum atomic E-state index is 12.0. The summed E-state index contributed by atoms with van der Waals surface area (Å²) in [4.78, 5) is 13.8. The van der Waals surface area contributed by atoms with Crippen molar-refractivity contribution in [2.24, 2.45) is 0 Å². The largest absolute Gasteiger partial charge is 0.482 e. The normalized spacial score (nSPS) is 23.4. The molecule has 3 rings (SSSR count). The molecule has 0 spiro atoms. The highest BCUT2D eigenvalue weighted by atomic mass is 16.5. The number of carbonyl (C=O) groups excluding carboxylic acids is 1. The van der Waals surface area contributed by atoms with Crippen LogP contribution >= 0.6 is 0 Å². The molecule has 0 aliphatic carbocycles. The summed E-state index contributed by atoms with van der Waals surface area (Å²) in [6.07, 6.45) is 0.972. The summed E-state index contributed by atoms with van der Waals surface area (Å²) in [5.41, 5.74) is 7.23. The van der Waals surface area contributed by atoms with Crippen LogP contribution in [0.5, 0.6) is 5.75 Å². The van der Waals surface area contributed by atoms with Crippen LogP contribution in [-0.2, 0) is 4.79 Å². The zero-order valence-electron chi connectivity index (χ0n) is 9.48. The number of benzene rings is 1. The number of nitrogens with one attached hydrogen (secondary N) is 1. The zero-order chi connectivity index (χ0) is 11.8. The Morgan fingerprint density at radius 2 is 2.35 bits per heavy atom. The van der Waals surface area contributed by atoms with Gasteiger partial charge in [0.1, 0.15) is 5.75 Å². The van der Waals surface area contributed by atoms with Crippen LogP contribution in [0, 0.1) is 0 Å². The van der Waals surface area contributed by atoms with E-state index >= 15 is 0 Å². The molecular weight excluding hydrogens is 218 g/mol. The second-order valence-corrected chi connectivity index (χ2v) is 4.43. The van der Waals surface area contributed by atoms with Gasteiger partial charge in [-0.25, -0.2) is 0 Å². The lowest BCUT2D eigenvalue weighted by Crippen LogP contribution is -2.46. The van der Waals surface area contributed by atoms with Gasteiger partial charge in [-0.15, -0.1) is 0 Å². The molecule has 17 heavy (non-hydrogen) atoms. The van der Waals surface area contributed by atoms with Crippen molar-refractivity contribution in [3.8, 4) is 5.75 Å². The number of amides is 1. The first-order valence-electron chi connectivity index (χ1n) is 5.81. The predicted octanol–water partition coefficient (Wildman–Crippen LogP) is 0.356. The number of nitrogens with zero attached hydrogens (tertiary/aromatic N) is 1. The Morgan fingerprint density at radius 1 is 1.47 bits per heavy atom. The number of nitrogens with two attached hydrogens (primary N) is 1. The van der Waals surface area contributed by atoms with Gasteiger partial charge in [0.05, 0.1) is 11.7 Å². The summed E-state index contributed by atoms with van der Waals surface area (Å²) in [5.74, 6) is 0.752. The molecule has 1 unspecified atom stereocenters. The lowest BCUT2D eigenvalue weighted by Gasteiger charge is -2.33. The van der Waals surface area contributed by atoms with Crippen LogP contribution in [-0.4, -0.2) is 31.6 Å². The molecule has 0 bridgehead atoms. The number of carbonyl (C=O) groups is 1. The first-order valence-corrected chi connectivity index (χ1v) is 5.81. The molecule has 0 saturated carbocycles. The number of fused-ring (bicyclic) bond motifs is 1. The van der Waals surface area contributed by atoms with Gasteiger partial charge in [0.2, 0.25) is 0 Å². The van der Waals surface area contributed by atoms with Crippen LogP contribution in [0.1, 0.15) is 6.42 Å². The molecule has 3 N–H and O–H groups in total. The fourth-order valence-electron chi connectivity index (χ4n) is 2.45. The van der Waals surface area contributed by atoms with Crippen LogP contribution in [0.2, 0.25) is 0 Å². The van der Waals surface area contributed by atoms with Crippen molar-refractivity contribution in [1.29, 1.82) is 0 Å². The number of ether oxygens (including phenoxy) is 1. The minimum absolute atomic E-state index is 0.0109. The van der Waals surface area contributed by atoms with Gasteiger partial charge in [0.15, 0.2) is 6.61 Å². The molecule has 1 atom stereocenters. The summed E-state index contributed by atoms with van der Waals surface area (Å²) < 4.78 is 5.41. The van der Waals surface area contributed by atoms with Gasteiger partial charge in [-0.3, -0.25) is 4.79 Å². The number of anilines is 2. The molecule has 5 nitrogen and oxygen atoms in total. The van der Waals surface area contributed by atoms with Gasteiger partial charge < -0.3 is 20.7 Å². The molecule has 2 aliphatic heterocycles. The lowest BCUT2D eigenvalue weighted by atomic mass is 10.1. The highest BCUT2D eigenvalue weighted by Gasteiger charge is 2.33. The quantitative estimate of drug-likeness (QED) is 0.687. The maximum absolute atomic E-state index is 12.0. The van der Waals surface area contributed by atoms with Gasteiger partial charge >= 0.3 is 0 Å². The van der Waals surface area contributed by atoms with Gasteiger partial charge in [0, 0.05) is 12.2 Å². The van der Waals surface area contributed by atoms with E-state index in [1.807, 2.05) is 17.0 Å². The zero-order valence-corrected chi connectivity index (χ0v) is 9.48. The Labute approximate surface area is 99.5 Å². The van der Waals surface area contributed by atoms with Gasteiger partial charge in [0.25, 0.3) is 5.91 Å². The molecule has 2 heterocycles. The molecule has 0 radical (unpaired) electrons. The minimum Gasteiger partial charge on any atom is -0.482 e. The first-order chi connectivity index (χ1) is 8.25. The number of hydrogen-bond donors (Lipinski definition) is 2. The monoisotopic (exact) mass is 233 g/mol. The second-order valence-electron chi connectivity index (χ2n) is 4.43. The van der Waals surface area contributed by atoms with E-state index in [1.165, 1.54) is 0 Å². The number of nitrogen functional groups attached to an aromatic ring is 1. The fraction of sp³-hybridized carbons (Fsp3) is 0.417. The van der Waals surface area contributed by atoms with Crippen molar-refractivity contribution in [1.82, 2.24) is 5.32 Å². The van der Waals surface area contributed by atoms with Crippen molar-refractivity contribution >= 4 is 17.3 Å². The van der Waals surface area contributed by atoms with E-state index < -0.39 is 0 Å². The van der Waals surface area contributed by atoms with E-state index in [4.69, 9.17) is 10.5 Å². The third kappa shape index (κ3) is 1.72. The summed E-state index contributed by atoms with van der Waals surface area (Å²) in [5, 5.41) is 3.27. The number of hydrogen-bond acceptors (Lipinski definition) is 4. The smallest absolute Gasteiger partial charge is 0.265 e. The SMILES string of the molecule is Nc1ccc2c(c1)N(C1CCNC1)C(=O)CO2. The molecule has 1 amide bonds. The van der Waals surface area contributed by atoms with Crippen LogP contribution < -0.4 is 20.7 Å².